The predicted octanol–water partition coefficient (Wildman–Crippen LogP) is 7.44. The van der Waals surface area contributed by atoms with Crippen LogP contribution in [-0.2, 0) is 0 Å². The highest BCUT2D eigenvalue weighted by Gasteiger charge is 2.19. The van der Waals surface area contributed by atoms with Crippen LogP contribution >= 0.6 is 12.2 Å². The van der Waals surface area contributed by atoms with E-state index in [-0.39, 0.29) is 0 Å². The van der Waals surface area contributed by atoms with Crippen LogP contribution in [0.1, 0.15) is 57.4 Å². The molecule has 1 fully saturated rings. The van der Waals surface area contributed by atoms with Crippen molar-refractivity contribution in [3.05, 3.63) is 54.1 Å². The zero-order valence-electron chi connectivity index (χ0n) is 16.1. The number of benzene rings is 2. The third-order valence-corrected chi connectivity index (χ3v) is 5.58. The molecular weight excluding hydrogens is 346 g/mol. The van der Waals surface area contributed by atoms with Crippen LogP contribution in [0.2, 0.25) is 0 Å². The van der Waals surface area contributed by atoms with Gasteiger partial charge in [0.05, 0.1) is 10.8 Å². The largest absolute Gasteiger partial charge is 0.195 e. The normalized spacial score (nSPS) is 18.9. The molecule has 0 atom stereocenters. The summed E-state index contributed by atoms with van der Waals surface area (Å²) in [7, 11) is 0. The van der Waals surface area contributed by atoms with E-state index in [1.807, 2.05) is 12.1 Å². The van der Waals surface area contributed by atoms with Crippen molar-refractivity contribution in [1.29, 1.82) is 0 Å². The number of hydrogen-bond donors (Lipinski definition) is 0. The van der Waals surface area contributed by atoms with Crippen molar-refractivity contribution >= 4 is 23.1 Å². The Labute approximate surface area is 168 Å². The topological polar surface area (TPSA) is 12.4 Å². The molecule has 138 valence electrons. The Kier molecular flexibility index (Phi) is 7.40. The molecule has 2 aromatic rings. The first-order chi connectivity index (χ1) is 13.3. The van der Waals surface area contributed by atoms with Crippen molar-refractivity contribution < 1.29 is 0 Å². The van der Waals surface area contributed by atoms with E-state index in [1.54, 1.807) is 0 Å². The molecule has 0 heterocycles. The van der Waals surface area contributed by atoms with Crippen LogP contribution in [0.3, 0.4) is 0 Å². The van der Waals surface area contributed by atoms with Gasteiger partial charge >= 0.3 is 0 Å². The van der Waals surface area contributed by atoms with Crippen LogP contribution in [0.15, 0.2) is 53.5 Å². The van der Waals surface area contributed by atoms with Crippen LogP contribution in [0.5, 0.6) is 0 Å². The first-order valence-corrected chi connectivity index (χ1v) is 10.5. The molecule has 3 rings (SSSR count). The highest BCUT2D eigenvalue weighted by Crippen LogP contribution is 2.31. The highest BCUT2D eigenvalue weighted by molar-refractivity contribution is 7.78. The van der Waals surface area contributed by atoms with E-state index in [1.165, 1.54) is 56.1 Å². The zero-order valence-corrected chi connectivity index (χ0v) is 16.9. The fourth-order valence-corrected chi connectivity index (χ4v) is 3.91. The van der Waals surface area contributed by atoms with Crippen LogP contribution in [-0.4, -0.2) is 5.16 Å². The van der Waals surface area contributed by atoms with Gasteiger partial charge < -0.3 is 0 Å². The number of hydrogen-bond acceptors (Lipinski definition) is 2. The van der Waals surface area contributed by atoms with Crippen molar-refractivity contribution in [2.45, 2.75) is 51.9 Å². The van der Waals surface area contributed by atoms with Gasteiger partial charge in [-0.2, -0.15) is 4.99 Å². The summed E-state index contributed by atoms with van der Waals surface area (Å²) in [5.74, 6) is 8.44. The number of nitrogens with zero attached hydrogens (tertiary/aromatic N) is 1. The maximum atomic E-state index is 4.64. The average Bonchev–Trinajstić information content (AvgIpc) is 2.73. The number of isothiocyanates is 1. The molecule has 2 aromatic carbocycles. The minimum Gasteiger partial charge on any atom is -0.195 e. The van der Waals surface area contributed by atoms with Crippen molar-refractivity contribution in [2.75, 3.05) is 0 Å². The van der Waals surface area contributed by atoms with Crippen LogP contribution in [0, 0.1) is 23.7 Å². The molecule has 1 aliphatic carbocycles. The second-order valence-electron chi connectivity index (χ2n) is 7.46. The van der Waals surface area contributed by atoms with Gasteiger partial charge in [0.2, 0.25) is 0 Å². The molecule has 0 unspecified atom stereocenters. The first-order valence-electron chi connectivity index (χ1n) is 10.1. The Bertz CT molecular complexity index is 825. The molecule has 0 saturated heterocycles. The summed E-state index contributed by atoms with van der Waals surface area (Å²) in [6.45, 7) is 2.29. The number of aliphatic imine (C=N–C) groups is 1. The molecule has 27 heavy (non-hydrogen) atoms. The van der Waals surface area contributed by atoms with Gasteiger partial charge in [0.1, 0.15) is 0 Å². The van der Waals surface area contributed by atoms with Crippen LogP contribution < -0.4 is 0 Å². The number of rotatable bonds is 5. The van der Waals surface area contributed by atoms with Crippen molar-refractivity contribution in [3.8, 4) is 23.0 Å². The van der Waals surface area contributed by atoms with E-state index in [0.717, 1.165) is 17.2 Å². The smallest absolute Gasteiger partial charge is 0.0739 e. The number of unbranched alkanes of at least 4 members (excludes halogenated alkanes) is 1. The molecule has 0 aromatic heterocycles. The van der Waals surface area contributed by atoms with Gasteiger partial charge in [0, 0.05) is 11.5 Å². The van der Waals surface area contributed by atoms with E-state index in [4.69, 9.17) is 0 Å². The lowest BCUT2D eigenvalue weighted by Gasteiger charge is -2.25. The molecule has 0 N–H and O–H groups in total. The van der Waals surface area contributed by atoms with E-state index < -0.39 is 0 Å². The second kappa shape index (κ2) is 10.2. The van der Waals surface area contributed by atoms with Crippen molar-refractivity contribution in [3.63, 3.8) is 0 Å². The second-order valence-corrected chi connectivity index (χ2v) is 7.64. The molecule has 1 saturated carbocycles. The Hall–Kier alpha value is -2.20. The van der Waals surface area contributed by atoms with Crippen molar-refractivity contribution in [2.24, 2.45) is 16.8 Å². The summed E-state index contributed by atoms with van der Waals surface area (Å²) >= 11 is 4.64. The quantitative estimate of drug-likeness (QED) is 0.301. The maximum absolute atomic E-state index is 4.64. The first kappa shape index (κ1) is 19.6. The third kappa shape index (κ3) is 5.90. The molecule has 1 nitrogen and oxygen atoms in total. The molecule has 2 heteroatoms. The molecule has 0 amide bonds. The van der Waals surface area contributed by atoms with Gasteiger partial charge in [0.25, 0.3) is 0 Å². The van der Waals surface area contributed by atoms with Gasteiger partial charge in [-0.3, -0.25) is 0 Å². The molecule has 0 aliphatic heterocycles. The molecule has 0 radical (unpaired) electrons. The van der Waals surface area contributed by atoms with Crippen LogP contribution in [0.4, 0.5) is 5.69 Å². The van der Waals surface area contributed by atoms with E-state index >= 15 is 0 Å². The minimum atomic E-state index is 0.580. The zero-order chi connectivity index (χ0) is 18.9. The average molecular weight is 374 g/mol. The summed E-state index contributed by atoms with van der Waals surface area (Å²) in [6, 6.07) is 16.6. The highest BCUT2D eigenvalue weighted by atomic mass is 32.1. The van der Waals surface area contributed by atoms with Gasteiger partial charge in [-0.25, -0.2) is 0 Å². The molecule has 1 aliphatic rings. The standard InChI is InChI=1S/C25H27NS/c1-2-3-4-20-5-7-21(8-6-20)9-10-22-11-13-23(14-12-22)24-15-17-25(18-16-24)26-19-27/h11-18,20-21H,2-8H2,1H3. The monoisotopic (exact) mass is 373 g/mol. The lowest BCUT2D eigenvalue weighted by molar-refractivity contribution is 0.296. The Morgan fingerprint density at radius 2 is 1.56 bits per heavy atom. The summed E-state index contributed by atoms with van der Waals surface area (Å²) in [4.78, 5) is 3.99. The summed E-state index contributed by atoms with van der Waals surface area (Å²) in [5.41, 5.74) is 4.30. The van der Waals surface area contributed by atoms with Gasteiger partial charge in [-0.15, -0.1) is 0 Å². The third-order valence-electron chi connectivity index (χ3n) is 5.49. The summed E-state index contributed by atoms with van der Waals surface area (Å²) in [6.07, 6.45) is 9.39. The van der Waals surface area contributed by atoms with Crippen LogP contribution in [0.25, 0.3) is 11.1 Å². The maximum Gasteiger partial charge on any atom is 0.0739 e. The SMILES string of the molecule is CCCCC1CCC(C#Cc2ccc(-c3ccc(N=C=S)cc3)cc2)CC1. The lowest BCUT2D eigenvalue weighted by atomic mass is 9.80. The van der Waals surface area contributed by atoms with E-state index in [2.05, 4.69) is 77.5 Å². The Morgan fingerprint density at radius 1 is 0.926 bits per heavy atom. The molecular formula is C25H27NS. The van der Waals surface area contributed by atoms with Crippen molar-refractivity contribution in [1.82, 2.24) is 0 Å². The fourth-order valence-electron chi connectivity index (χ4n) is 3.80. The lowest BCUT2D eigenvalue weighted by Crippen LogP contribution is -2.13. The summed E-state index contributed by atoms with van der Waals surface area (Å²) in [5, 5.41) is 2.40. The predicted molar refractivity (Wildman–Crippen MR) is 118 cm³/mol. The van der Waals surface area contributed by atoms with Gasteiger partial charge in [-0.05, 0) is 79.2 Å². The summed E-state index contributed by atoms with van der Waals surface area (Å²) < 4.78 is 0. The van der Waals surface area contributed by atoms with Gasteiger partial charge in [-0.1, -0.05) is 62.3 Å². The fraction of sp³-hybridized carbons (Fsp3) is 0.400. The van der Waals surface area contributed by atoms with Gasteiger partial charge in [0.15, 0.2) is 0 Å². The van der Waals surface area contributed by atoms with E-state index in [0.29, 0.717) is 5.92 Å². The number of thiocarbonyl (C=S) groups is 1. The Morgan fingerprint density at radius 3 is 2.15 bits per heavy atom. The Balaban J connectivity index is 1.57. The molecule has 0 bridgehead atoms. The minimum absolute atomic E-state index is 0.580. The van der Waals surface area contributed by atoms with E-state index in [9.17, 15) is 0 Å². The molecule has 0 spiro atoms.